The van der Waals surface area contributed by atoms with Gasteiger partial charge in [-0.3, -0.25) is 0 Å². The van der Waals surface area contributed by atoms with Crippen LogP contribution in [-0.2, 0) is 0 Å². The summed E-state index contributed by atoms with van der Waals surface area (Å²) >= 11 is 1.85. The van der Waals surface area contributed by atoms with Gasteiger partial charge in [0.05, 0.1) is 0 Å². The first-order valence-corrected chi connectivity index (χ1v) is 15.1. The second-order valence-electron chi connectivity index (χ2n) is 10.5. The van der Waals surface area contributed by atoms with E-state index in [-0.39, 0.29) is 0 Å². The Kier molecular flexibility index (Phi) is 6.32. The van der Waals surface area contributed by atoms with Crippen molar-refractivity contribution in [3.63, 3.8) is 0 Å². The van der Waals surface area contributed by atoms with Gasteiger partial charge in [-0.25, -0.2) is 15.0 Å². The minimum atomic E-state index is 0.654. The lowest BCUT2D eigenvalue weighted by Gasteiger charge is -2.11. The Labute approximate surface area is 253 Å². The lowest BCUT2D eigenvalue weighted by molar-refractivity contribution is 1.07. The van der Waals surface area contributed by atoms with E-state index < -0.39 is 0 Å². The van der Waals surface area contributed by atoms with E-state index in [1.54, 1.807) is 0 Å². The molecule has 0 saturated carbocycles. The van der Waals surface area contributed by atoms with Gasteiger partial charge in [-0.1, -0.05) is 127 Å². The quantitative estimate of drug-likeness (QED) is 0.208. The zero-order valence-corrected chi connectivity index (χ0v) is 24.0. The molecule has 8 aromatic rings. The van der Waals surface area contributed by atoms with Crippen molar-refractivity contribution in [2.75, 3.05) is 0 Å². The van der Waals surface area contributed by atoms with Crippen molar-refractivity contribution in [3.8, 4) is 56.4 Å². The first kappa shape index (κ1) is 25.3. The lowest BCUT2D eigenvalue weighted by Crippen LogP contribution is -2.00. The van der Waals surface area contributed by atoms with Crippen LogP contribution in [0.4, 0.5) is 0 Å². The zero-order chi connectivity index (χ0) is 28.6. The highest BCUT2D eigenvalue weighted by atomic mass is 32.1. The molecule has 2 heterocycles. The third-order valence-electron chi connectivity index (χ3n) is 7.72. The highest BCUT2D eigenvalue weighted by Gasteiger charge is 2.16. The minimum absolute atomic E-state index is 0.654. The number of thiophene rings is 1. The zero-order valence-electron chi connectivity index (χ0n) is 23.2. The van der Waals surface area contributed by atoms with Gasteiger partial charge in [-0.15, -0.1) is 11.3 Å². The van der Waals surface area contributed by atoms with Crippen molar-refractivity contribution in [1.82, 2.24) is 15.0 Å². The predicted octanol–water partition coefficient (Wildman–Crippen LogP) is 10.6. The van der Waals surface area contributed by atoms with Crippen LogP contribution in [0.2, 0.25) is 0 Å². The Morgan fingerprint density at radius 1 is 0.349 bits per heavy atom. The van der Waals surface area contributed by atoms with Crippen LogP contribution in [0.1, 0.15) is 0 Å². The van der Waals surface area contributed by atoms with Crippen LogP contribution in [0, 0.1) is 0 Å². The molecule has 4 heteroatoms. The molecule has 3 nitrogen and oxygen atoms in total. The Bertz CT molecular complexity index is 2170. The Morgan fingerprint density at radius 3 is 1.51 bits per heavy atom. The maximum Gasteiger partial charge on any atom is 0.164 e. The molecule has 6 aromatic carbocycles. The average molecular weight is 568 g/mol. The number of nitrogens with zero attached hydrogens (tertiary/aromatic N) is 3. The van der Waals surface area contributed by atoms with Crippen LogP contribution in [0.5, 0.6) is 0 Å². The molecule has 0 unspecified atom stereocenters. The van der Waals surface area contributed by atoms with Crippen LogP contribution in [-0.4, -0.2) is 15.0 Å². The maximum atomic E-state index is 4.98. The molecule has 0 radical (unpaired) electrons. The number of hydrogen-bond donors (Lipinski definition) is 0. The van der Waals surface area contributed by atoms with Crippen molar-refractivity contribution in [2.45, 2.75) is 0 Å². The van der Waals surface area contributed by atoms with Gasteiger partial charge in [0.25, 0.3) is 0 Å². The van der Waals surface area contributed by atoms with E-state index >= 15 is 0 Å². The molecule has 8 rings (SSSR count). The molecular formula is C39H25N3S. The van der Waals surface area contributed by atoms with Crippen molar-refractivity contribution >= 4 is 31.5 Å². The van der Waals surface area contributed by atoms with Gasteiger partial charge in [0.15, 0.2) is 17.5 Å². The van der Waals surface area contributed by atoms with Crippen molar-refractivity contribution in [3.05, 3.63) is 152 Å². The first-order valence-electron chi connectivity index (χ1n) is 14.3. The van der Waals surface area contributed by atoms with E-state index in [2.05, 4.69) is 91.0 Å². The van der Waals surface area contributed by atoms with Crippen LogP contribution in [0.3, 0.4) is 0 Å². The molecule has 202 valence electrons. The summed E-state index contributed by atoms with van der Waals surface area (Å²) in [5, 5.41) is 2.57. The van der Waals surface area contributed by atoms with Gasteiger partial charge >= 0.3 is 0 Å². The highest BCUT2D eigenvalue weighted by molar-refractivity contribution is 7.26. The third kappa shape index (κ3) is 4.78. The van der Waals surface area contributed by atoms with Gasteiger partial charge in [0, 0.05) is 42.4 Å². The first-order chi connectivity index (χ1) is 21.3. The fraction of sp³-hybridized carbons (Fsp3) is 0. The number of aromatic nitrogens is 3. The van der Waals surface area contributed by atoms with E-state index in [9.17, 15) is 0 Å². The average Bonchev–Trinajstić information content (AvgIpc) is 3.48. The molecule has 0 spiro atoms. The van der Waals surface area contributed by atoms with E-state index in [0.29, 0.717) is 17.5 Å². The van der Waals surface area contributed by atoms with E-state index in [1.165, 1.54) is 36.9 Å². The molecule has 0 N–H and O–H groups in total. The summed E-state index contributed by atoms with van der Waals surface area (Å²) in [6, 6.07) is 52.8. The Hall–Kier alpha value is -5.45. The lowest BCUT2D eigenvalue weighted by atomic mass is 9.95. The molecule has 0 amide bonds. The van der Waals surface area contributed by atoms with E-state index in [0.717, 1.165) is 22.3 Å². The molecule has 0 aliphatic heterocycles. The monoisotopic (exact) mass is 567 g/mol. The number of rotatable bonds is 5. The molecule has 2 aromatic heterocycles. The molecule has 0 aliphatic carbocycles. The summed E-state index contributed by atoms with van der Waals surface area (Å²) < 4.78 is 2.57. The van der Waals surface area contributed by atoms with Crippen molar-refractivity contribution in [1.29, 1.82) is 0 Å². The topological polar surface area (TPSA) is 38.7 Å². The van der Waals surface area contributed by atoms with Crippen molar-refractivity contribution < 1.29 is 0 Å². The number of benzene rings is 6. The summed E-state index contributed by atoms with van der Waals surface area (Å²) in [6.07, 6.45) is 0. The highest BCUT2D eigenvalue weighted by Crippen LogP contribution is 2.43. The summed E-state index contributed by atoms with van der Waals surface area (Å²) in [7, 11) is 0. The molecule has 0 bridgehead atoms. The van der Waals surface area contributed by atoms with E-state index in [1.807, 2.05) is 72.0 Å². The summed E-state index contributed by atoms with van der Waals surface area (Å²) in [4.78, 5) is 14.8. The molecule has 43 heavy (non-hydrogen) atoms. The summed E-state index contributed by atoms with van der Waals surface area (Å²) in [6.45, 7) is 0. The summed E-state index contributed by atoms with van der Waals surface area (Å²) in [5.74, 6) is 1.97. The van der Waals surface area contributed by atoms with Gasteiger partial charge in [0.1, 0.15) is 0 Å². The fourth-order valence-electron chi connectivity index (χ4n) is 5.60. The smallest absolute Gasteiger partial charge is 0.164 e. The second kappa shape index (κ2) is 10.8. The third-order valence-corrected chi connectivity index (χ3v) is 8.94. The molecule has 0 atom stereocenters. The maximum absolute atomic E-state index is 4.98. The normalized spacial score (nSPS) is 11.3. The second-order valence-corrected chi connectivity index (χ2v) is 11.5. The van der Waals surface area contributed by atoms with Gasteiger partial charge in [-0.2, -0.15) is 0 Å². The predicted molar refractivity (Wildman–Crippen MR) is 180 cm³/mol. The van der Waals surface area contributed by atoms with Crippen molar-refractivity contribution in [2.24, 2.45) is 0 Å². The SMILES string of the molecule is c1ccc(-c2cc(-c3cccc(-c4nc(-c5ccccc5)nc(-c5ccccc5)n4)c3)c3sc4ccccc4c3c2)cc1. The van der Waals surface area contributed by atoms with Gasteiger partial charge in [-0.05, 0) is 41.0 Å². The van der Waals surface area contributed by atoms with Gasteiger partial charge in [0.2, 0.25) is 0 Å². The Morgan fingerprint density at radius 2 is 0.860 bits per heavy atom. The Balaban J connectivity index is 1.33. The molecule has 0 saturated heterocycles. The summed E-state index contributed by atoms with van der Waals surface area (Å²) in [5.41, 5.74) is 7.62. The van der Waals surface area contributed by atoms with Crippen LogP contribution < -0.4 is 0 Å². The largest absolute Gasteiger partial charge is 0.208 e. The van der Waals surface area contributed by atoms with Crippen LogP contribution >= 0.6 is 11.3 Å². The molecular weight excluding hydrogens is 543 g/mol. The minimum Gasteiger partial charge on any atom is -0.208 e. The standard InChI is InChI=1S/C39H25N3S/c1-4-13-26(14-5-1)31-24-33(36-34(25-31)32-21-10-11-22-35(32)43-36)29-19-12-20-30(23-29)39-41-37(27-15-6-2-7-16-27)40-38(42-39)28-17-8-3-9-18-28/h1-25H. The fourth-order valence-corrected chi connectivity index (χ4v) is 6.82. The molecule has 0 aliphatic rings. The van der Waals surface area contributed by atoms with Crippen LogP contribution in [0.15, 0.2) is 152 Å². The number of fused-ring (bicyclic) bond motifs is 3. The molecule has 0 fully saturated rings. The van der Waals surface area contributed by atoms with Gasteiger partial charge < -0.3 is 0 Å². The van der Waals surface area contributed by atoms with Crippen LogP contribution in [0.25, 0.3) is 76.6 Å². The number of hydrogen-bond acceptors (Lipinski definition) is 4. The van der Waals surface area contributed by atoms with E-state index in [4.69, 9.17) is 15.0 Å².